The van der Waals surface area contributed by atoms with E-state index in [0.29, 0.717) is 5.69 Å². The molecule has 2 aromatic rings. The van der Waals surface area contributed by atoms with Crippen LogP contribution < -0.4 is 10.6 Å². The standard InChI is InChI=1S/C15H16BrFN2/c1-10(18)12-8-7-11(16)9-15(12)19(2)14-6-4-3-5-13(14)17/h3-10H,18H2,1-2H3. The lowest BCUT2D eigenvalue weighted by atomic mass is 10.1. The number of rotatable bonds is 3. The summed E-state index contributed by atoms with van der Waals surface area (Å²) in [5.74, 6) is -0.249. The van der Waals surface area contributed by atoms with E-state index < -0.39 is 0 Å². The minimum absolute atomic E-state index is 0.114. The van der Waals surface area contributed by atoms with Gasteiger partial charge in [0.2, 0.25) is 0 Å². The summed E-state index contributed by atoms with van der Waals surface area (Å²) in [6.07, 6.45) is 0. The highest BCUT2D eigenvalue weighted by atomic mass is 79.9. The summed E-state index contributed by atoms with van der Waals surface area (Å²) in [6, 6.07) is 12.4. The quantitative estimate of drug-likeness (QED) is 0.908. The minimum Gasteiger partial charge on any atom is -0.342 e. The van der Waals surface area contributed by atoms with Gasteiger partial charge in [-0.1, -0.05) is 34.1 Å². The van der Waals surface area contributed by atoms with Crippen LogP contribution in [-0.2, 0) is 0 Å². The van der Waals surface area contributed by atoms with Gasteiger partial charge < -0.3 is 10.6 Å². The molecule has 0 saturated carbocycles. The highest BCUT2D eigenvalue weighted by molar-refractivity contribution is 9.10. The molecule has 2 nitrogen and oxygen atoms in total. The van der Waals surface area contributed by atoms with E-state index in [4.69, 9.17) is 5.73 Å². The zero-order valence-corrected chi connectivity index (χ0v) is 12.5. The minimum atomic E-state index is -0.249. The molecular weight excluding hydrogens is 307 g/mol. The summed E-state index contributed by atoms with van der Waals surface area (Å²) in [5.41, 5.74) is 8.39. The van der Waals surface area contributed by atoms with Gasteiger partial charge in [-0.15, -0.1) is 0 Å². The maximum atomic E-state index is 13.9. The third-order valence-corrected chi connectivity index (χ3v) is 3.55. The lowest BCUT2D eigenvalue weighted by Crippen LogP contribution is -2.16. The Balaban J connectivity index is 2.52. The largest absolute Gasteiger partial charge is 0.342 e. The molecule has 0 aliphatic heterocycles. The average Bonchev–Trinajstić information content (AvgIpc) is 2.38. The Morgan fingerprint density at radius 1 is 1.16 bits per heavy atom. The third-order valence-electron chi connectivity index (χ3n) is 3.06. The molecule has 0 saturated heterocycles. The molecule has 0 aliphatic carbocycles. The number of anilines is 2. The first-order valence-corrected chi connectivity index (χ1v) is 6.83. The lowest BCUT2D eigenvalue weighted by molar-refractivity contribution is 0.627. The van der Waals surface area contributed by atoms with Crippen molar-refractivity contribution < 1.29 is 4.39 Å². The molecule has 0 amide bonds. The van der Waals surface area contributed by atoms with Gasteiger partial charge in [0.1, 0.15) is 5.82 Å². The molecule has 0 aliphatic rings. The van der Waals surface area contributed by atoms with Crippen LogP contribution in [0, 0.1) is 5.82 Å². The van der Waals surface area contributed by atoms with Gasteiger partial charge in [0.15, 0.2) is 0 Å². The second-order valence-electron chi connectivity index (χ2n) is 4.50. The smallest absolute Gasteiger partial charge is 0.146 e. The predicted octanol–water partition coefficient (Wildman–Crippen LogP) is 4.38. The number of para-hydroxylation sites is 1. The van der Waals surface area contributed by atoms with Crippen molar-refractivity contribution in [3.8, 4) is 0 Å². The molecule has 0 heterocycles. The van der Waals surface area contributed by atoms with Crippen molar-refractivity contribution >= 4 is 27.3 Å². The van der Waals surface area contributed by atoms with E-state index in [2.05, 4.69) is 15.9 Å². The molecule has 0 spiro atoms. The van der Waals surface area contributed by atoms with E-state index >= 15 is 0 Å². The van der Waals surface area contributed by atoms with Crippen molar-refractivity contribution in [3.05, 3.63) is 58.3 Å². The van der Waals surface area contributed by atoms with Crippen molar-refractivity contribution in [2.75, 3.05) is 11.9 Å². The summed E-state index contributed by atoms with van der Waals surface area (Å²) in [5, 5.41) is 0. The van der Waals surface area contributed by atoms with E-state index in [9.17, 15) is 4.39 Å². The van der Waals surface area contributed by atoms with E-state index in [-0.39, 0.29) is 11.9 Å². The number of benzene rings is 2. The second kappa shape index (κ2) is 5.72. The first-order chi connectivity index (χ1) is 9.00. The molecule has 100 valence electrons. The first kappa shape index (κ1) is 14.0. The molecule has 2 rings (SSSR count). The van der Waals surface area contributed by atoms with Gasteiger partial charge in [0.25, 0.3) is 0 Å². The van der Waals surface area contributed by atoms with E-state index in [0.717, 1.165) is 15.7 Å². The normalized spacial score (nSPS) is 12.3. The monoisotopic (exact) mass is 322 g/mol. The highest BCUT2D eigenvalue weighted by Crippen LogP contribution is 2.33. The van der Waals surface area contributed by atoms with E-state index in [1.807, 2.05) is 43.1 Å². The van der Waals surface area contributed by atoms with Crippen molar-refractivity contribution in [2.24, 2.45) is 5.73 Å². The van der Waals surface area contributed by atoms with Gasteiger partial charge in [-0.05, 0) is 36.8 Å². The summed E-state index contributed by atoms with van der Waals surface area (Å²) in [7, 11) is 1.84. The predicted molar refractivity (Wildman–Crippen MR) is 81.2 cm³/mol. The maximum absolute atomic E-state index is 13.9. The number of halogens is 2. The van der Waals surface area contributed by atoms with Gasteiger partial charge in [-0.2, -0.15) is 0 Å². The number of hydrogen-bond acceptors (Lipinski definition) is 2. The molecule has 2 N–H and O–H groups in total. The molecule has 1 atom stereocenters. The zero-order chi connectivity index (χ0) is 14.0. The molecule has 0 fully saturated rings. The summed E-state index contributed by atoms with van der Waals surface area (Å²) < 4.78 is 14.8. The van der Waals surface area contributed by atoms with Crippen LogP contribution in [0.25, 0.3) is 0 Å². The number of nitrogens with zero attached hydrogens (tertiary/aromatic N) is 1. The van der Waals surface area contributed by atoms with E-state index in [1.165, 1.54) is 6.07 Å². The molecule has 1 unspecified atom stereocenters. The Bertz CT molecular complexity index is 584. The molecule has 4 heteroatoms. The van der Waals surface area contributed by atoms with Crippen LogP contribution in [0.3, 0.4) is 0 Å². The SMILES string of the molecule is CC(N)c1ccc(Br)cc1N(C)c1ccccc1F. The molecule has 0 bridgehead atoms. The van der Waals surface area contributed by atoms with Crippen LogP contribution in [0.5, 0.6) is 0 Å². The van der Waals surface area contributed by atoms with Gasteiger partial charge in [0, 0.05) is 23.2 Å². The molecular formula is C15H16BrFN2. The van der Waals surface area contributed by atoms with Crippen molar-refractivity contribution in [2.45, 2.75) is 13.0 Å². The fourth-order valence-corrected chi connectivity index (χ4v) is 2.39. The summed E-state index contributed by atoms with van der Waals surface area (Å²) in [4.78, 5) is 1.82. The molecule has 0 aromatic heterocycles. The topological polar surface area (TPSA) is 29.3 Å². The van der Waals surface area contributed by atoms with Crippen LogP contribution in [0.2, 0.25) is 0 Å². The molecule has 19 heavy (non-hydrogen) atoms. The van der Waals surface area contributed by atoms with Gasteiger partial charge >= 0.3 is 0 Å². The Hall–Kier alpha value is -1.39. The molecule has 2 aromatic carbocycles. The Morgan fingerprint density at radius 3 is 2.47 bits per heavy atom. The summed E-state index contributed by atoms with van der Waals surface area (Å²) in [6.45, 7) is 1.92. The van der Waals surface area contributed by atoms with Gasteiger partial charge in [-0.3, -0.25) is 0 Å². The Kier molecular flexibility index (Phi) is 4.22. The highest BCUT2D eigenvalue weighted by Gasteiger charge is 2.15. The maximum Gasteiger partial charge on any atom is 0.146 e. The van der Waals surface area contributed by atoms with Crippen LogP contribution in [0.4, 0.5) is 15.8 Å². The third kappa shape index (κ3) is 2.96. The zero-order valence-electron chi connectivity index (χ0n) is 10.9. The summed E-state index contributed by atoms with van der Waals surface area (Å²) >= 11 is 3.44. The number of hydrogen-bond donors (Lipinski definition) is 1. The van der Waals surface area contributed by atoms with Crippen LogP contribution in [-0.4, -0.2) is 7.05 Å². The van der Waals surface area contributed by atoms with Gasteiger partial charge in [0.05, 0.1) is 5.69 Å². The van der Waals surface area contributed by atoms with Crippen LogP contribution >= 0.6 is 15.9 Å². The van der Waals surface area contributed by atoms with Crippen molar-refractivity contribution in [3.63, 3.8) is 0 Å². The van der Waals surface area contributed by atoms with Crippen LogP contribution in [0.15, 0.2) is 46.9 Å². The average molecular weight is 323 g/mol. The first-order valence-electron chi connectivity index (χ1n) is 6.04. The lowest BCUT2D eigenvalue weighted by Gasteiger charge is -2.24. The van der Waals surface area contributed by atoms with Gasteiger partial charge in [-0.25, -0.2) is 4.39 Å². The Morgan fingerprint density at radius 2 is 1.84 bits per heavy atom. The fourth-order valence-electron chi connectivity index (χ4n) is 2.05. The molecule has 0 radical (unpaired) electrons. The fraction of sp³-hybridized carbons (Fsp3) is 0.200. The van der Waals surface area contributed by atoms with Crippen molar-refractivity contribution in [1.82, 2.24) is 0 Å². The Labute approximate surface area is 121 Å². The van der Waals surface area contributed by atoms with E-state index in [1.54, 1.807) is 12.1 Å². The van der Waals surface area contributed by atoms with Crippen molar-refractivity contribution in [1.29, 1.82) is 0 Å². The second-order valence-corrected chi connectivity index (χ2v) is 5.42. The van der Waals surface area contributed by atoms with Crippen LogP contribution in [0.1, 0.15) is 18.5 Å². The number of nitrogens with two attached hydrogens (primary N) is 1.